The van der Waals surface area contributed by atoms with Crippen LogP contribution in [-0.2, 0) is 4.79 Å². The van der Waals surface area contributed by atoms with Gasteiger partial charge in [0.15, 0.2) is 0 Å². The minimum Gasteiger partial charge on any atom is -0.497 e. The number of thioether (sulfide) groups is 1. The summed E-state index contributed by atoms with van der Waals surface area (Å²) in [6.45, 7) is 4.71. The van der Waals surface area contributed by atoms with Crippen LogP contribution in [0.4, 0.5) is 4.39 Å². The molecule has 8 heteroatoms. The predicted octanol–water partition coefficient (Wildman–Crippen LogP) is 7.35. The molecule has 0 saturated carbocycles. The van der Waals surface area contributed by atoms with Crippen LogP contribution < -0.4 is 4.74 Å². The van der Waals surface area contributed by atoms with Gasteiger partial charge in [-0.2, -0.15) is 0 Å². The summed E-state index contributed by atoms with van der Waals surface area (Å²) in [6.07, 6.45) is 2.44. The number of rotatable bonds is 11. The third kappa shape index (κ3) is 7.15. The van der Waals surface area contributed by atoms with Crippen LogP contribution in [0.5, 0.6) is 5.75 Å². The summed E-state index contributed by atoms with van der Waals surface area (Å²) in [6, 6.07) is 13.8. The summed E-state index contributed by atoms with van der Waals surface area (Å²) in [4.78, 5) is 19.8. The maximum atomic E-state index is 15.7. The molecular formula is C29H34ClFN2O3S. The fraction of sp³-hybridized carbons (Fsp3) is 0.448. The van der Waals surface area contributed by atoms with Gasteiger partial charge in [-0.05, 0) is 81.4 Å². The lowest BCUT2D eigenvalue weighted by Gasteiger charge is -2.41. The van der Waals surface area contributed by atoms with Crippen molar-refractivity contribution in [2.24, 2.45) is 5.41 Å². The van der Waals surface area contributed by atoms with E-state index < -0.39 is 17.6 Å². The highest BCUT2D eigenvalue weighted by Gasteiger charge is 2.37. The number of aryl methyl sites for hydroxylation is 1. The number of likely N-dealkylation sites (tertiary alicyclic amines) is 1. The van der Waals surface area contributed by atoms with Gasteiger partial charge in [0.2, 0.25) is 0 Å². The fourth-order valence-corrected chi connectivity index (χ4v) is 6.57. The maximum Gasteiger partial charge on any atom is 0.303 e. The number of ether oxygens (including phenoxy) is 1. The lowest BCUT2D eigenvalue weighted by Crippen LogP contribution is -2.42. The summed E-state index contributed by atoms with van der Waals surface area (Å²) in [7, 11) is 1.56. The van der Waals surface area contributed by atoms with Crippen molar-refractivity contribution in [2.75, 3.05) is 32.5 Å². The van der Waals surface area contributed by atoms with Crippen LogP contribution in [0.2, 0.25) is 5.02 Å². The molecule has 5 nitrogen and oxygen atoms in total. The molecule has 1 aliphatic rings. The third-order valence-corrected chi connectivity index (χ3v) is 8.69. The lowest BCUT2D eigenvalue weighted by molar-refractivity contribution is -0.141. The lowest BCUT2D eigenvalue weighted by atomic mass is 9.71. The second-order valence-corrected chi connectivity index (χ2v) is 11.6. The Balaban J connectivity index is 1.38. The van der Waals surface area contributed by atoms with Crippen molar-refractivity contribution in [1.82, 2.24) is 9.88 Å². The molecule has 1 saturated heterocycles. The zero-order valence-corrected chi connectivity index (χ0v) is 23.0. The normalized spacial score (nSPS) is 16.5. The average molecular weight is 545 g/mol. The highest BCUT2D eigenvalue weighted by molar-refractivity contribution is 7.99. The summed E-state index contributed by atoms with van der Waals surface area (Å²) in [5.74, 6) is 0.773. The van der Waals surface area contributed by atoms with Gasteiger partial charge in [0.25, 0.3) is 0 Å². The topological polar surface area (TPSA) is 62.7 Å². The van der Waals surface area contributed by atoms with E-state index in [-0.39, 0.29) is 17.9 Å². The van der Waals surface area contributed by atoms with Gasteiger partial charge in [-0.15, -0.1) is 11.8 Å². The number of carbonyl (C=O) groups is 1. The molecule has 0 amide bonds. The first-order valence-electron chi connectivity index (χ1n) is 12.7. The number of nitrogens with zero attached hydrogens (tertiary/aromatic N) is 2. The molecule has 0 aliphatic carbocycles. The second-order valence-electron chi connectivity index (χ2n) is 9.99. The van der Waals surface area contributed by atoms with Gasteiger partial charge in [0.1, 0.15) is 11.9 Å². The highest BCUT2D eigenvalue weighted by Crippen LogP contribution is 2.44. The molecule has 0 unspecified atom stereocenters. The molecule has 1 atom stereocenters. The molecule has 37 heavy (non-hydrogen) atoms. The molecule has 3 aromatic rings. The summed E-state index contributed by atoms with van der Waals surface area (Å²) in [5.41, 5.74) is 1.90. The molecular weight excluding hydrogens is 511 g/mol. The summed E-state index contributed by atoms with van der Waals surface area (Å²) < 4.78 is 21.1. The number of aromatic nitrogens is 1. The van der Waals surface area contributed by atoms with Crippen LogP contribution in [0.3, 0.4) is 0 Å². The van der Waals surface area contributed by atoms with Crippen molar-refractivity contribution in [3.63, 3.8) is 0 Å². The Morgan fingerprint density at radius 1 is 1.27 bits per heavy atom. The number of piperidine rings is 1. The number of halogens is 2. The first-order valence-corrected chi connectivity index (χ1v) is 14.0. The van der Waals surface area contributed by atoms with Crippen molar-refractivity contribution in [3.8, 4) is 5.75 Å². The monoisotopic (exact) mass is 544 g/mol. The molecule has 198 valence electrons. The minimum atomic E-state index is -1.32. The number of carboxylic acid groups (broad SMARTS) is 1. The molecule has 0 radical (unpaired) electrons. The van der Waals surface area contributed by atoms with E-state index in [1.807, 2.05) is 11.8 Å². The quantitative estimate of drug-likeness (QED) is 0.255. The van der Waals surface area contributed by atoms with Crippen molar-refractivity contribution in [1.29, 1.82) is 0 Å². The van der Waals surface area contributed by atoms with Gasteiger partial charge in [0, 0.05) is 34.3 Å². The number of aliphatic carboxylic acids is 1. The molecule has 0 bridgehead atoms. The van der Waals surface area contributed by atoms with Gasteiger partial charge >= 0.3 is 5.97 Å². The Labute approximate surface area is 227 Å². The van der Waals surface area contributed by atoms with E-state index in [4.69, 9.17) is 16.3 Å². The molecule has 4 rings (SSSR count). The van der Waals surface area contributed by atoms with Gasteiger partial charge in [-0.25, -0.2) is 4.39 Å². The third-order valence-electron chi connectivity index (χ3n) is 7.42. The van der Waals surface area contributed by atoms with Crippen LogP contribution in [0.25, 0.3) is 10.9 Å². The number of fused-ring (bicyclic) bond motifs is 1. The molecule has 1 aromatic heterocycles. The molecule has 1 aliphatic heterocycles. The van der Waals surface area contributed by atoms with Crippen molar-refractivity contribution < 1.29 is 19.0 Å². The Morgan fingerprint density at radius 2 is 2.05 bits per heavy atom. The molecule has 0 spiro atoms. The van der Waals surface area contributed by atoms with Gasteiger partial charge in [0.05, 0.1) is 24.1 Å². The number of methoxy groups -OCH3 is 1. The predicted molar refractivity (Wildman–Crippen MR) is 149 cm³/mol. The smallest absolute Gasteiger partial charge is 0.303 e. The van der Waals surface area contributed by atoms with E-state index in [1.54, 1.807) is 25.3 Å². The first-order chi connectivity index (χ1) is 17.8. The van der Waals surface area contributed by atoms with Crippen molar-refractivity contribution in [3.05, 3.63) is 64.8 Å². The van der Waals surface area contributed by atoms with E-state index >= 15 is 4.39 Å². The largest absolute Gasteiger partial charge is 0.497 e. The number of benzene rings is 2. The molecule has 1 N–H and O–H groups in total. The molecule has 2 aromatic carbocycles. The maximum absolute atomic E-state index is 15.7. The summed E-state index contributed by atoms with van der Waals surface area (Å²) in [5, 5.41) is 10.6. The SMILES string of the molecule is COc1ccc2ncc(Cl)c([C@H](F)CCC3(CC(=O)O)CCN(CCSc4cccc(C)c4)CC3)c2c1. The van der Waals surface area contributed by atoms with Crippen molar-refractivity contribution >= 4 is 40.2 Å². The zero-order chi connectivity index (χ0) is 26.4. The standard InChI is InChI=1S/C29H34ClFN2O3S/c1-20-4-3-5-22(16-20)37-15-14-33-12-10-29(11-13-33,18-27(34)35)9-8-25(31)28-23-17-21(36-2)6-7-26(23)32-19-24(28)30/h3-7,16-17,19,25H,8-15,18H2,1-2H3,(H,34,35)/t25-/m1/s1. The van der Waals surface area contributed by atoms with E-state index in [1.165, 1.54) is 16.7 Å². The van der Waals surface area contributed by atoms with E-state index in [0.29, 0.717) is 28.6 Å². The van der Waals surface area contributed by atoms with Crippen LogP contribution in [0.15, 0.2) is 53.6 Å². The molecule has 1 fully saturated rings. The average Bonchev–Trinajstić information content (AvgIpc) is 2.88. The van der Waals surface area contributed by atoms with Gasteiger partial charge in [-0.3, -0.25) is 9.78 Å². The minimum absolute atomic E-state index is 0.0598. The Bertz CT molecular complexity index is 1230. The number of alkyl halides is 1. The first kappa shape index (κ1) is 27.7. The Kier molecular flexibility index (Phi) is 9.32. The summed E-state index contributed by atoms with van der Waals surface area (Å²) >= 11 is 8.25. The van der Waals surface area contributed by atoms with Gasteiger partial charge < -0.3 is 14.7 Å². The Morgan fingerprint density at radius 3 is 2.76 bits per heavy atom. The van der Waals surface area contributed by atoms with Crippen LogP contribution >= 0.6 is 23.4 Å². The van der Waals surface area contributed by atoms with E-state index in [2.05, 4.69) is 41.1 Å². The highest BCUT2D eigenvalue weighted by atomic mass is 35.5. The fourth-order valence-electron chi connectivity index (χ4n) is 5.28. The van der Waals surface area contributed by atoms with Gasteiger partial charge in [-0.1, -0.05) is 29.3 Å². The zero-order valence-electron chi connectivity index (χ0n) is 21.4. The van der Waals surface area contributed by atoms with Crippen LogP contribution in [0, 0.1) is 12.3 Å². The second kappa shape index (κ2) is 12.5. The van der Waals surface area contributed by atoms with Crippen molar-refractivity contribution in [2.45, 2.75) is 50.1 Å². The Hall–Kier alpha value is -2.35. The van der Waals surface area contributed by atoms with E-state index in [9.17, 15) is 9.90 Å². The number of hydrogen-bond acceptors (Lipinski definition) is 5. The number of pyridine rings is 1. The molecule has 2 heterocycles. The number of carboxylic acids is 1. The van der Waals surface area contributed by atoms with Crippen LogP contribution in [0.1, 0.15) is 49.4 Å². The van der Waals surface area contributed by atoms with E-state index in [0.717, 1.165) is 38.2 Å². The number of hydrogen-bond donors (Lipinski definition) is 1. The van der Waals surface area contributed by atoms with Crippen LogP contribution in [-0.4, -0.2) is 53.5 Å².